The smallest absolute Gasteiger partial charge is 0.346 e. The summed E-state index contributed by atoms with van der Waals surface area (Å²) in [4.78, 5) is 23.3. The van der Waals surface area contributed by atoms with Crippen LogP contribution in [0.25, 0.3) is 0 Å². The Balaban J connectivity index is 2.48. The normalized spacial score (nSPS) is 23.1. The number of halogens is 1. The lowest BCUT2D eigenvalue weighted by atomic mass is 10.00. The fourth-order valence-corrected chi connectivity index (χ4v) is 2.25. The molecule has 4 nitrogen and oxygen atoms in total. The lowest BCUT2D eigenvalue weighted by Crippen LogP contribution is -2.45. The summed E-state index contributed by atoms with van der Waals surface area (Å²) in [5.74, 6) is -1.51. The van der Waals surface area contributed by atoms with Crippen LogP contribution in [0.1, 0.15) is 15.9 Å². The molecular formula is C11H9BrO4. The fraction of sp³-hybridized carbons (Fsp3) is 0.273. The van der Waals surface area contributed by atoms with Crippen LogP contribution < -0.4 is 0 Å². The summed E-state index contributed by atoms with van der Waals surface area (Å²) in [6, 6.07) is 5.00. The SMILES string of the molecule is COC(=O)[C@]1(O)Cc2cc(Br)ccc2C1=O. The topological polar surface area (TPSA) is 63.6 Å². The second-order valence-electron chi connectivity index (χ2n) is 3.66. The van der Waals surface area contributed by atoms with E-state index in [4.69, 9.17) is 0 Å². The van der Waals surface area contributed by atoms with Gasteiger partial charge < -0.3 is 9.84 Å². The molecule has 1 aromatic rings. The third-order valence-corrected chi connectivity index (χ3v) is 3.15. The maximum absolute atomic E-state index is 11.9. The van der Waals surface area contributed by atoms with Crippen molar-refractivity contribution in [1.29, 1.82) is 0 Å². The number of carbonyl (C=O) groups excluding carboxylic acids is 2. The number of carbonyl (C=O) groups is 2. The Kier molecular flexibility index (Phi) is 2.59. The van der Waals surface area contributed by atoms with E-state index in [9.17, 15) is 14.7 Å². The van der Waals surface area contributed by atoms with Crippen LogP contribution in [-0.4, -0.2) is 29.6 Å². The van der Waals surface area contributed by atoms with E-state index in [0.29, 0.717) is 11.1 Å². The fourth-order valence-electron chi connectivity index (χ4n) is 1.84. The molecule has 1 aliphatic carbocycles. The Bertz CT molecular complexity index is 483. The Morgan fingerprint density at radius 1 is 1.56 bits per heavy atom. The summed E-state index contributed by atoms with van der Waals surface area (Å²) in [5, 5.41) is 10.0. The second-order valence-corrected chi connectivity index (χ2v) is 4.57. The molecule has 0 spiro atoms. The molecule has 0 radical (unpaired) electrons. The molecule has 5 heteroatoms. The molecule has 1 aliphatic rings. The van der Waals surface area contributed by atoms with Gasteiger partial charge in [0.2, 0.25) is 11.4 Å². The lowest BCUT2D eigenvalue weighted by molar-refractivity contribution is -0.156. The van der Waals surface area contributed by atoms with E-state index < -0.39 is 17.4 Å². The van der Waals surface area contributed by atoms with E-state index in [0.717, 1.165) is 11.6 Å². The molecule has 0 aromatic heterocycles. The minimum atomic E-state index is -2.06. The van der Waals surface area contributed by atoms with Crippen molar-refractivity contribution >= 4 is 27.7 Å². The van der Waals surface area contributed by atoms with Crippen LogP contribution in [0, 0.1) is 0 Å². The van der Waals surface area contributed by atoms with Crippen LogP contribution in [0.2, 0.25) is 0 Å². The molecule has 1 atom stereocenters. The summed E-state index contributed by atoms with van der Waals surface area (Å²) < 4.78 is 5.25. The zero-order chi connectivity index (χ0) is 11.9. The van der Waals surface area contributed by atoms with Gasteiger partial charge in [0, 0.05) is 16.5 Å². The van der Waals surface area contributed by atoms with Crippen molar-refractivity contribution in [3.8, 4) is 0 Å². The van der Waals surface area contributed by atoms with Gasteiger partial charge in [-0.15, -0.1) is 0 Å². The van der Waals surface area contributed by atoms with Gasteiger partial charge in [0.15, 0.2) is 0 Å². The minimum absolute atomic E-state index is 0.0344. The van der Waals surface area contributed by atoms with E-state index in [1.807, 2.05) is 0 Å². The molecule has 0 amide bonds. The highest BCUT2D eigenvalue weighted by Crippen LogP contribution is 2.32. The number of benzene rings is 1. The van der Waals surface area contributed by atoms with Gasteiger partial charge >= 0.3 is 5.97 Å². The van der Waals surface area contributed by atoms with Crippen molar-refractivity contribution in [3.05, 3.63) is 33.8 Å². The number of ketones is 1. The summed E-state index contributed by atoms with van der Waals surface area (Å²) in [6.07, 6.45) is -0.0344. The molecular weight excluding hydrogens is 276 g/mol. The predicted octanol–water partition coefficient (Wildman–Crippen LogP) is 1.09. The van der Waals surface area contributed by atoms with Gasteiger partial charge in [-0.1, -0.05) is 15.9 Å². The zero-order valence-electron chi connectivity index (χ0n) is 8.49. The first-order valence-corrected chi connectivity index (χ1v) is 5.42. The highest BCUT2D eigenvalue weighted by atomic mass is 79.9. The third kappa shape index (κ3) is 1.47. The average Bonchev–Trinajstić information content (AvgIpc) is 2.51. The van der Waals surface area contributed by atoms with E-state index in [1.165, 1.54) is 0 Å². The highest BCUT2D eigenvalue weighted by Gasteiger charge is 2.51. The van der Waals surface area contributed by atoms with Crippen molar-refractivity contribution in [2.24, 2.45) is 0 Å². The van der Waals surface area contributed by atoms with Crippen LogP contribution >= 0.6 is 15.9 Å². The number of fused-ring (bicyclic) bond motifs is 1. The van der Waals surface area contributed by atoms with Crippen LogP contribution in [0.4, 0.5) is 0 Å². The number of methoxy groups -OCH3 is 1. The molecule has 1 aromatic carbocycles. The van der Waals surface area contributed by atoms with Crippen molar-refractivity contribution in [1.82, 2.24) is 0 Å². The largest absolute Gasteiger partial charge is 0.467 e. The van der Waals surface area contributed by atoms with Gasteiger partial charge in [0.25, 0.3) is 0 Å². The molecule has 0 saturated heterocycles. The molecule has 0 saturated carbocycles. The Labute approximate surface area is 100 Å². The highest BCUT2D eigenvalue weighted by molar-refractivity contribution is 9.10. The van der Waals surface area contributed by atoms with Crippen molar-refractivity contribution < 1.29 is 19.4 Å². The molecule has 0 unspecified atom stereocenters. The molecule has 0 bridgehead atoms. The van der Waals surface area contributed by atoms with Gasteiger partial charge in [-0.2, -0.15) is 0 Å². The lowest BCUT2D eigenvalue weighted by Gasteiger charge is -2.16. The molecule has 2 rings (SSSR count). The molecule has 16 heavy (non-hydrogen) atoms. The van der Waals surface area contributed by atoms with E-state index in [-0.39, 0.29) is 6.42 Å². The van der Waals surface area contributed by atoms with E-state index >= 15 is 0 Å². The first-order chi connectivity index (χ1) is 7.49. The number of rotatable bonds is 1. The number of hydrogen-bond donors (Lipinski definition) is 1. The Hall–Kier alpha value is -1.20. The van der Waals surface area contributed by atoms with Gasteiger partial charge in [0.1, 0.15) is 0 Å². The molecule has 0 heterocycles. The van der Waals surface area contributed by atoms with Crippen molar-refractivity contribution in [3.63, 3.8) is 0 Å². The van der Waals surface area contributed by atoms with Gasteiger partial charge in [-0.25, -0.2) is 4.79 Å². The number of Topliss-reactive ketones (excluding diaryl/α,β-unsaturated/α-hetero) is 1. The zero-order valence-corrected chi connectivity index (χ0v) is 10.1. The first-order valence-electron chi connectivity index (χ1n) is 4.63. The Morgan fingerprint density at radius 3 is 2.88 bits per heavy atom. The molecule has 84 valence electrons. The maximum atomic E-state index is 11.9. The summed E-state index contributed by atoms with van der Waals surface area (Å²) >= 11 is 3.27. The van der Waals surface area contributed by atoms with Crippen LogP contribution in [-0.2, 0) is 16.0 Å². The van der Waals surface area contributed by atoms with Crippen molar-refractivity contribution in [2.75, 3.05) is 7.11 Å². The number of aliphatic hydroxyl groups is 1. The summed E-state index contributed by atoms with van der Waals surface area (Å²) in [6.45, 7) is 0. The maximum Gasteiger partial charge on any atom is 0.346 e. The standard InChI is InChI=1S/C11H9BrO4/c1-16-10(14)11(15)5-6-4-7(12)2-3-8(6)9(11)13/h2-4,15H,5H2,1H3/t11-/m0/s1. The average molecular weight is 285 g/mol. The Morgan fingerprint density at radius 2 is 2.25 bits per heavy atom. The second kappa shape index (κ2) is 3.68. The van der Waals surface area contributed by atoms with Crippen molar-refractivity contribution in [2.45, 2.75) is 12.0 Å². The molecule has 0 aliphatic heterocycles. The van der Waals surface area contributed by atoms with Crippen LogP contribution in [0.5, 0.6) is 0 Å². The van der Waals surface area contributed by atoms with Gasteiger partial charge in [-0.3, -0.25) is 4.79 Å². The minimum Gasteiger partial charge on any atom is -0.467 e. The predicted molar refractivity (Wildman–Crippen MR) is 59.1 cm³/mol. The third-order valence-electron chi connectivity index (χ3n) is 2.66. The van der Waals surface area contributed by atoms with Gasteiger partial charge in [-0.05, 0) is 23.8 Å². The number of ether oxygens (including phenoxy) is 1. The summed E-state index contributed by atoms with van der Waals surface area (Å²) in [5.41, 5.74) is -1.04. The monoisotopic (exact) mass is 284 g/mol. The van der Waals surface area contributed by atoms with E-state index in [2.05, 4.69) is 20.7 Å². The summed E-state index contributed by atoms with van der Waals surface area (Å²) in [7, 11) is 1.15. The molecule has 1 N–H and O–H groups in total. The molecule has 0 fully saturated rings. The number of esters is 1. The van der Waals surface area contributed by atoms with Gasteiger partial charge in [0.05, 0.1) is 7.11 Å². The number of hydrogen-bond acceptors (Lipinski definition) is 4. The van der Waals surface area contributed by atoms with Crippen LogP contribution in [0.15, 0.2) is 22.7 Å². The van der Waals surface area contributed by atoms with Crippen LogP contribution in [0.3, 0.4) is 0 Å². The quantitative estimate of drug-likeness (QED) is 0.619. The van der Waals surface area contributed by atoms with E-state index in [1.54, 1.807) is 18.2 Å². The first kappa shape index (κ1) is 11.3.